The van der Waals surface area contributed by atoms with E-state index in [2.05, 4.69) is 41.5 Å². The van der Waals surface area contributed by atoms with E-state index in [9.17, 15) is 43.2 Å². The van der Waals surface area contributed by atoms with Gasteiger partial charge in [-0.2, -0.15) is 0 Å². The standard InChI is InChI=1S/C81H158O17P2/c1-7-9-11-13-15-17-19-21-22-25-28-34-40-46-52-58-64-79(84)92-70-76(97-80(85)65-59-53-47-41-35-29-26-23-24-27-31-37-43-49-55-61-73(3)4)71-95-99(87,88)93-67-75(82)68-94-100(89,90)96-72-77(69-91-78(83)63-57-51-45-39-33-20-18-16-14-12-10-8-2)98-81(86)66-60-54-48-42-36-30-32-38-44-50-56-62-74(5)6/h73-77,82H,7-72H2,1-6H3,(H,87,88)(H,89,90)/t75-,76-,77-/m1/s1. The second kappa shape index (κ2) is 72.6. The largest absolute Gasteiger partial charge is 0.472 e. The number of aliphatic hydroxyl groups excluding tert-OH is 1. The maximum Gasteiger partial charge on any atom is 0.472 e. The summed E-state index contributed by atoms with van der Waals surface area (Å²) in [6.45, 7) is 9.67. The van der Waals surface area contributed by atoms with Gasteiger partial charge in [-0.15, -0.1) is 0 Å². The van der Waals surface area contributed by atoms with Gasteiger partial charge in [-0.1, -0.05) is 375 Å². The van der Waals surface area contributed by atoms with E-state index in [1.54, 1.807) is 0 Å². The lowest BCUT2D eigenvalue weighted by molar-refractivity contribution is -0.161. The quantitative estimate of drug-likeness (QED) is 0.0222. The first-order chi connectivity index (χ1) is 48.4. The van der Waals surface area contributed by atoms with E-state index in [1.165, 1.54) is 244 Å². The molecule has 0 bridgehead atoms. The Labute approximate surface area is 613 Å². The van der Waals surface area contributed by atoms with Crippen molar-refractivity contribution < 1.29 is 80.2 Å². The zero-order chi connectivity index (χ0) is 73.5. The zero-order valence-electron chi connectivity index (χ0n) is 65.5. The number of esters is 4. The molecule has 0 aliphatic heterocycles. The highest BCUT2D eigenvalue weighted by Gasteiger charge is 2.30. The molecule has 0 amide bonds. The second-order valence-electron chi connectivity index (χ2n) is 30.1. The molecule has 0 spiro atoms. The fourth-order valence-electron chi connectivity index (χ4n) is 12.5. The maximum absolute atomic E-state index is 13.1. The number of aliphatic hydroxyl groups is 1. The highest BCUT2D eigenvalue weighted by molar-refractivity contribution is 7.47. The van der Waals surface area contributed by atoms with Gasteiger partial charge in [0.05, 0.1) is 26.4 Å². The summed E-state index contributed by atoms with van der Waals surface area (Å²) < 4.78 is 68.8. The number of phosphoric acid groups is 2. The molecule has 0 aromatic rings. The molecule has 0 heterocycles. The summed E-state index contributed by atoms with van der Waals surface area (Å²) in [4.78, 5) is 73.1. The fraction of sp³-hybridized carbons (Fsp3) is 0.951. The molecule has 0 aromatic heterocycles. The van der Waals surface area contributed by atoms with Crippen LogP contribution in [0, 0.1) is 11.8 Å². The van der Waals surface area contributed by atoms with Crippen molar-refractivity contribution in [3.05, 3.63) is 0 Å². The van der Waals surface area contributed by atoms with Crippen LogP contribution in [-0.2, 0) is 65.4 Å². The van der Waals surface area contributed by atoms with Crippen molar-refractivity contribution >= 4 is 39.5 Å². The first kappa shape index (κ1) is 98.1. The van der Waals surface area contributed by atoms with Crippen LogP contribution in [-0.4, -0.2) is 96.7 Å². The maximum atomic E-state index is 13.1. The minimum atomic E-state index is -4.96. The third-order valence-corrected chi connectivity index (χ3v) is 20.9. The number of carbonyl (C=O) groups excluding carboxylic acids is 4. The molecule has 0 aliphatic rings. The van der Waals surface area contributed by atoms with Crippen molar-refractivity contribution in [1.82, 2.24) is 0 Å². The van der Waals surface area contributed by atoms with Crippen LogP contribution in [0.15, 0.2) is 0 Å². The van der Waals surface area contributed by atoms with Gasteiger partial charge in [-0.25, -0.2) is 9.13 Å². The second-order valence-corrected chi connectivity index (χ2v) is 33.0. The van der Waals surface area contributed by atoms with E-state index in [0.29, 0.717) is 25.7 Å². The van der Waals surface area contributed by atoms with E-state index in [-0.39, 0.29) is 25.7 Å². The molecular weight excluding hydrogens is 1310 g/mol. The van der Waals surface area contributed by atoms with Crippen LogP contribution < -0.4 is 0 Å². The summed E-state index contributed by atoms with van der Waals surface area (Å²) in [6, 6.07) is 0. The van der Waals surface area contributed by atoms with Crippen LogP contribution in [0.1, 0.15) is 427 Å². The van der Waals surface area contributed by atoms with E-state index < -0.39 is 97.5 Å². The Kier molecular flexibility index (Phi) is 71.2. The summed E-state index contributed by atoms with van der Waals surface area (Å²) in [7, 11) is -9.92. The monoisotopic (exact) mass is 1470 g/mol. The summed E-state index contributed by atoms with van der Waals surface area (Å²) in [5, 5.41) is 10.6. The molecule has 3 N–H and O–H groups in total. The lowest BCUT2D eigenvalue weighted by Crippen LogP contribution is -2.30. The Morgan fingerprint density at radius 3 is 0.680 bits per heavy atom. The number of unbranched alkanes of at least 4 members (excludes halogenated alkanes) is 50. The lowest BCUT2D eigenvalue weighted by atomic mass is 10.0. The molecule has 17 nitrogen and oxygen atoms in total. The minimum Gasteiger partial charge on any atom is -0.462 e. The molecule has 0 radical (unpaired) electrons. The Hall–Kier alpha value is -1.94. The summed E-state index contributed by atoms with van der Waals surface area (Å²) in [5.41, 5.74) is 0. The Bertz CT molecular complexity index is 1920. The van der Waals surface area contributed by atoms with Gasteiger partial charge in [0.25, 0.3) is 0 Å². The SMILES string of the molecule is CCCCCCCCCCCCCCCCCCC(=O)OC[C@H](COP(=O)(O)OC[C@@H](O)COP(=O)(O)OC[C@@H](COC(=O)CCCCCCCCCCCCCC)OC(=O)CCCCCCCCCCCCCC(C)C)OC(=O)CCCCCCCCCCCCCCCCCC(C)C. The normalized spacial score (nSPS) is 13.9. The summed E-state index contributed by atoms with van der Waals surface area (Å²) in [6.07, 6.45) is 62.3. The van der Waals surface area contributed by atoms with Crippen molar-refractivity contribution in [3.63, 3.8) is 0 Å². The first-order valence-electron chi connectivity index (χ1n) is 42.0. The third-order valence-electron chi connectivity index (χ3n) is 19.0. The minimum absolute atomic E-state index is 0.107. The number of phosphoric ester groups is 2. The molecule has 0 saturated carbocycles. The molecule has 594 valence electrons. The molecule has 19 heteroatoms. The molecule has 0 aromatic carbocycles. The van der Waals surface area contributed by atoms with Gasteiger partial charge in [-0.05, 0) is 37.5 Å². The van der Waals surface area contributed by atoms with Crippen LogP contribution in [0.4, 0.5) is 0 Å². The van der Waals surface area contributed by atoms with Crippen LogP contribution in [0.3, 0.4) is 0 Å². The van der Waals surface area contributed by atoms with Crippen LogP contribution in [0.2, 0.25) is 0 Å². The van der Waals surface area contributed by atoms with Crippen molar-refractivity contribution in [2.45, 2.75) is 445 Å². The van der Waals surface area contributed by atoms with Crippen molar-refractivity contribution in [3.8, 4) is 0 Å². The Morgan fingerprint density at radius 2 is 0.460 bits per heavy atom. The number of ether oxygens (including phenoxy) is 4. The van der Waals surface area contributed by atoms with Crippen LogP contribution in [0.25, 0.3) is 0 Å². The zero-order valence-corrected chi connectivity index (χ0v) is 67.3. The molecular formula is C81H158O17P2. The van der Waals surface area contributed by atoms with Crippen molar-refractivity contribution in [2.75, 3.05) is 39.6 Å². The number of hydrogen-bond acceptors (Lipinski definition) is 15. The average Bonchev–Trinajstić information content (AvgIpc) is 0.965. The van der Waals surface area contributed by atoms with Crippen LogP contribution >= 0.6 is 15.6 Å². The van der Waals surface area contributed by atoms with Gasteiger partial charge in [0, 0.05) is 25.7 Å². The molecule has 5 atom stereocenters. The molecule has 0 fully saturated rings. The average molecular weight is 1470 g/mol. The summed E-state index contributed by atoms with van der Waals surface area (Å²) >= 11 is 0. The van der Waals surface area contributed by atoms with Gasteiger partial charge in [0.15, 0.2) is 12.2 Å². The molecule has 0 rings (SSSR count). The molecule has 2 unspecified atom stereocenters. The predicted octanol–water partition coefficient (Wildman–Crippen LogP) is 24.3. The molecule has 0 saturated heterocycles. The number of rotatable bonds is 80. The van der Waals surface area contributed by atoms with E-state index in [1.807, 2.05) is 0 Å². The van der Waals surface area contributed by atoms with Crippen molar-refractivity contribution in [1.29, 1.82) is 0 Å². The van der Waals surface area contributed by atoms with E-state index in [4.69, 9.17) is 37.0 Å². The van der Waals surface area contributed by atoms with Gasteiger partial charge >= 0.3 is 39.5 Å². The number of hydrogen-bond donors (Lipinski definition) is 3. The molecule has 0 aliphatic carbocycles. The smallest absolute Gasteiger partial charge is 0.462 e. The number of carbonyl (C=O) groups is 4. The Morgan fingerprint density at radius 1 is 0.270 bits per heavy atom. The van der Waals surface area contributed by atoms with Gasteiger partial charge in [-0.3, -0.25) is 37.3 Å². The highest BCUT2D eigenvalue weighted by Crippen LogP contribution is 2.45. The fourth-order valence-corrected chi connectivity index (χ4v) is 14.1. The summed E-state index contributed by atoms with van der Waals surface area (Å²) in [5.74, 6) is -0.538. The van der Waals surface area contributed by atoms with Crippen LogP contribution in [0.5, 0.6) is 0 Å². The van der Waals surface area contributed by atoms with E-state index in [0.717, 1.165) is 102 Å². The molecule has 100 heavy (non-hydrogen) atoms. The van der Waals surface area contributed by atoms with Gasteiger partial charge in [0.2, 0.25) is 0 Å². The van der Waals surface area contributed by atoms with Crippen molar-refractivity contribution in [2.24, 2.45) is 11.8 Å². The topological polar surface area (TPSA) is 237 Å². The first-order valence-corrected chi connectivity index (χ1v) is 45.0. The van der Waals surface area contributed by atoms with Gasteiger partial charge in [0.1, 0.15) is 19.3 Å². The van der Waals surface area contributed by atoms with E-state index >= 15 is 0 Å². The lowest BCUT2D eigenvalue weighted by Gasteiger charge is -2.21. The third kappa shape index (κ3) is 74.3. The highest BCUT2D eigenvalue weighted by atomic mass is 31.2. The van der Waals surface area contributed by atoms with Gasteiger partial charge < -0.3 is 33.8 Å². The predicted molar refractivity (Wildman–Crippen MR) is 409 cm³/mol. The Balaban J connectivity index is 5.26.